The Labute approximate surface area is 134 Å². The van der Waals surface area contributed by atoms with E-state index in [1.165, 1.54) is 4.88 Å². The molecule has 1 aromatic heterocycles. The summed E-state index contributed by atoms with van der Waals surface area (Å²) in [5, 5.41) is 9.85. The monoisotopic (exact) mass is 319 g/mol. The van der Waals surface area contributed by atoms with E-state index in [4.69, 9.17) is 5.26 Å². The first-order valence-electron chi connectivity index (χ1n) is 7.56. The molecule has 0 aromatic carbocycles. The van der Waals surface area contributed by atoms with Crippen molar-refractivity contribution in [1.82, 2.24) is 14.8 Å². The number of amides is 1. The Kier molecular flexibility index (Phi) is 3.83. The van der Waals surface area contributed by atoms with Gasteiger partial charge in [0.25, 0.3) is 0 Å². The van der Waals surface area contributed by atoms with Crippen molar-refractivity contribution in [3.05, 3.63) is 11.1 Å². The fourth-order valence-corrected chi connectivity index (χ4v) is 3.86. The van der Waals surface area contributed by atoms with Crippen molar-refractivity contribution in [2.75, 3.05) is 37.6 Å². The van der Waals surface area contributed by atoms with Gasteiger partial charge in [-0.15, -0.1) is 11.3 Å². The van der Waals surface area contributed by atoms with Crippen LogP contribution < -0.4 is 4.90 Å². The highest BCUT2D eigenvalue weighted by Gasteiger charge is 2.40. The third-order valence-corrected chi connectivity index (χ3v) is 5.70. The number of carbonyl (C=O) groups is 1. The molecule has 2 aliphatic heterocycles. The van der Waals surface area contributed by atoms with Gasteiger partial charge in [0, 0.05) is 37.3 Å². The second kappa shape index (κ2) is 5.52. The zero-order valence-electron chi connectivity index (χ0n) is 13.2. The number of nitriles is 1. The SMILES string of the molecule is CC(C)(C)c1cnc(N2CCN3CCN(C#N)CC3C2=O)s1. The second-order valence-corrected chi connectivity index (χ2v) is 7.85. The molecule has 1 aromatic rings. The number of hydrogen-bond donors (Lipinski definition) is 0. The molecule has 3 rings (SSSR count). The standard InChI is InChI=1S/C15H21N5OS/c1-15(2,3)12-8-17-14(22-12)20-7-6-19-5-4-18(10-16)9-11(19)13(20)21/h8,11H,4-7,9H2,1-3H3. The lowest BCUT2D eigenvalue weighted by atomic mass is 9.96. The van der Waals surface area contributed by atoms with Crippen LogP contribution in [0.4, 0.5) is 5.13 Å². The van der Waals surface area contributed by atoms with Crippen LogP contribution in [0.3, 0.4) is 0 Å². The molecule has 0 radical (unpaired) electrons. The van der Waals surface area contributed by atoms with E-state index in [-0.39, 0.29) is 17.4 Å². The normalized spacial score (nSPS) is 23.4. The van der Waals surface area contributed by atoms with Gasteiger partial charge in [-0.05, 0) is 5.41 Å². The summed E-state index contributed by atoms with van der Waals surface area (Å²) in [6.07, 6.45) is 4.04. The quantitative estimate of drug-likeness (QED) is 0.729. The molecule has 0 saturated carbocycles. The van der Waals surface area contributed by atoms with Crippen molar-refractivity contribution in [2.24, 2.45) is 0 Å². The minimum atomic E-state index is -0.218. The molecule has 0 bridgehead atoms. The minimum Gasteiger partial charge on any atom is -0.307 e. The van der Waals surface area contributed by atoms with Crippen LogP contribution in [0.25, 0.3) is 0 Å². The number of aromatic nitrogens is 1. The van der Waals surface area contributed by atoms with E-state index < -0.39 is 0 Å². The number of rotatable bonds is 1. The summed E-state index contributed by atoms with van der Waals surface area (Å²) in [5.74, 6) is 0.0704. The van der Waals surface area contributed by atoms with Crippen molar-refractivity contribution in [3.8, 4) is 6.19 Å². The Balaban J connectivity index is 1.80. The first-order chi connectivity index (χ1) is 10.4. The lowest BCUT2D eigenvalue weighted by Gasteiger charge is -2.44. The minimum absolute atomic E-state index is 0.0449. The first kappa shape index (κ1) is 15.3. The van der Waals surface area contributed by atoms with Crippen LogP contribution in [0.15, 0.2) is 6.20 Å². The summed E-state index contributed by atoms with van der Waals surface area (Å²) in [7, 11) is 0. The number of thiazole rings is 1. The predicted octanol–water partition coefficient (Wildman–Crippen LogP) is 1.25. The maximum absolute atomic E-state index is 12.8. The molecule has 1 atom stereocenters. The van der Waals surface area contributed by atoms with Gasteiger partial charge < -0.3 is 4.90 Å². The maximum Gasteiger partial charge on any atom is 0.248 e. The third-order valence-electron chi connectivity index (χ3n) is 4.26. The molecule has 1 amide bonds. The van der Waals surface area contributed by atoms with E-state index in [0.717, 1.165) is 18.2 Å². The van der Waals surface area contributed by atoms with Gasteiger partial charge in [-0.25, -0.2) is 4.98 Å². The molecule has 1 unspecified atom stereocenters. The number of carbonyl (C=O) groups excluding carboxylic acids is 1. The van der Waals surface area contributed by atoms with Crippen LogP contribution in [0.1, 0.15) is 25.6 Å². The smallest absolute Gasteiger partial charge is 0.248 e. The summed E-state index contributed by atoms with van der Waals surface area (Å²) in [4.78, 5) is 24.1. The van der Waals surface area contributed by atoms with Gasteiger partial charge in [-0.1, -0.05) is 20.8 Å². The van der Waals surface area contributed by atoms with Crippen LogP contribution in [-0.4, -0.2) is 59.5 Å². The van der Waals surface area contributed by atoms with Crippen molar-refractivity contribution < 1.29 is 4.79 Å². The van der Waals surface area contributed by atoms with Crippen LogP contribution in [0.5, 0.6) is 0 Å². The van der Waals surface area contributed by atoms with Crippen molar-refractivity contribution in [3.63, 3.8) is 0 Å². The first-order valence-corrected chi connectivity index (χ1v) is 8.38. The molecule has 0 spiro atoms. The number of anilines is 1. The van der Waals surface area contributed by atoms with E-state index in [1.54, 1.807) is 21.1 Å². The number of fused-ring (bicyclic) bond motifs is 1. The van der Waals surface area contributed by atoms with Gasteiger partial charge in [-0.2, -0.15) is 5.26 Å². The molecule has 2 saturated heterocycles. The van der Waals surface area contributed by atoms with E-state index in [1.807, 2.05) is 6.20 Å². The van der Waals surface area contributed by atoms with Crippen molar-refractivity contribution in [1.29, 1.82) is 5.26 Å². The molecule has 6 nitrogen and oxygen atoms in total. The third kappa shape index (κ3) is 2.69. The molecule has 2 fully saturated rings. The van der Waals surface area contributed by atoms with Gasteiger partial charge in [0.2, 0.25) is 5.91 Å². The fourth-order valence-electron chi connectivity index (χ4n) is 2.86. The molecule has 7 heteroatoms. The molecule has 2 aliphatic rings. The van der Waals surface area contributed by atoms with E-state index >= 15 is 0 Å². The van der Waals surface area contributed by atoms with Crippen LogP contribution >= 0.6 is 11.3 Å². The van der Waals surface area contributed by atoms with Gasteiger partial charge in [-0.3, -0.25) is 14.6 Å². The van der Waals surface area contributed by atoms with E-state index in [9.17, 15) is 4.79 Å². The lowest BCUT2D eigenvalue weighted by molar-refractivity contribution is -0.127. The summed E-state index contributed by atoms with van der Waals surface area (Å²) in [5.41, 5.74) is 0.0449. The summed E-state index contributed by atoms with van der Waals surface area (Å²) in [6, 6.07) is -0.218. The molecular weight excluding hydrogens is 298 g/mol. The highest BCUT2D eigenvalue weighted by Crippen LogP contribution is 2.33. The highest BCUT2D eigenvalue weighted by molar-refractivity contribution is 7.15. The molecule has 118 valence electrons. The Morgan fingerprint density at radius 3 is 2.68 bits per heavy atom. The topological polar surface area (TPSA) is 63.5 Å². The zero-order chi connectivity index (χ0) is 15.9. The Bertz CT molecular complexity index is 614. The van der Waals surface area contributed by atoms with E-state index in [2.05, 4.69) is 36.8 Å². The highest BCUT2D eigenvalue weighted by atomic mass is 32.1. The fraction of sp³-hybridized carbons (Fsp3) is 0.667. The molecule has 3 heterocycles. The summed E-state index contributed by atoms with van der Waals surface area (Å²) < 4.78 is 0. The maximum atomic E-state index is 12.8. The summed E-state index contributed by atoms with van der Waals surface area (Å²) in [6.45, 7) is 9.96. The van der Waals surface area contributed by atoms with Crippen LogP contribution in [0.2, 0.25) is 0 Å². The average Bonchev–Trinajstić information content (AvgIpc) is 2.97. The number of piperazine rings is 2. The number of nitrogens with zero attached hydrogens (tertiary/aromatic N) is 5. The lowest BCUT2D eigenvalue weighted by Crippen LogP contribution is -2.64. The molecule has 0 aliphatic carbocycles. The van der Waals surface area contributed by atoms with Gasteiger partial charge in [0.05, 0.1) is 6.54 Å². The molecular formula is C15H21N5OS. The Hall–Kier alpha value is -1.65. The Morgan fingerprint density at radius 2 is 2.05 bits per heavy atom. The Morgan fingerprint density at radius 1 is 1.32 bits per heavy atom. The van der Waals surface area contributed by atoms with Crippen molar-refractivity contribution in [2.45, 2.75) is 32.2 Å². The van der Waals surface area contributed by atoms with Gasteiger partial charge >= 0.3 is 0 Å². The van der Waals surface area contributed by atoms with Crippen LogP contribution in [0, 0.1) is 11.5 Å². The van der Waals surface area contributed by atoms with Crippen LogP contribution in [-0.2, 0) is 10.2 Å². The van der Waals surface area contributed by atoms with Gasteiger partial charge in [0.1, 0.15) is 6.04 Å². The van der Waals surface area contributed by atoms with E-state index in [0.29, 0.717) is 19.6 Å². The predicted molar refractivity (Wildman–Crippen MR) is 85.7 cm³/mol. The largest absolute Gasteiger partial charge is 0.307 e. The zero-order valence-corrected chi connectivity index (χ0v) is 14.1. The average molecular weight is 319 g/mol. The second-order valence-electron chi connectivity index (χ2n) is 6.84. The summed E-state index contributed by atoms with van der Waals surface area (Å²) >= 11 is 1.59. The molecule has 0 N–H and O–H groups in total. The molecule has 22 heavy (non-hydrogen) atoms. The van der Waals surface area contributed by atoms with Crippen molar-refractivity contribution >= 4 is 22.4 Å². The number of hydrogen-bond acceptors (Lipinski definition) is 6. The van der Waals surface area contributed by atoms with Gasteiger partial charge in [0.15, 0.2) is 11.3 Å².